The summed E-state index contributed by atoms with van der Waals surface area (Å²) in [6.07, 6.45) is 1.93. The van der Waals surface area contributed by atoms with Gasteiger partial charge in [0.25, 0.3) is 0 Å². The number of hydrogen-bond donors (Lipinski definition) is 0. The Morgan fingerprint density at radius 1 is 1.06 bits per heavy atom. The molecule has 32 heavy (non-hydrogen) atoms. The first-order chi connectivity index (χ1) is 15.3. The zero-order valence-electron chi connectivity index (χ0n) is 19.0. The highest BCUT2D eigenvalue weighted by Gasteiger charge is 2.42. The van der Waals surface area contributed by atoms with Gasteiger partial charge in [0.05, 0.1) is 26.2 Å². The Labute approximate surface area is 194 Å². The van der Waals surface area contributed by atoms with E-state index in [0.717, 1.165) is 17.5 Å². The van der Waals surface area contributed by atoms with Crippen molar-refractivity contribution >= 4 is 23.5 Å². The number of hydrogen-bond acceptors (Lipinski definition) is 5. The highest BCUT2D eigenvalue weighted by atomic mass is 35.5. The number of carbonyl (C=O) groups is 2. The molecule has 1 fully saturated rings. The molecule has 1 saturated heterocycles. The second-order valence-corrected chi connectivity index (χ2v) is 8.83. The van der Waals surface area contributed by atoms with Crippen LogP contribution < -0.4 is 9.47 Å². The van der Waals surface area contributed by atoms with Gasteiger partial charge in [0.1, 0.15) is 6.04 Å². The van der Waals surface area contributed by atoms with Crippen molar-refractivity contribution in [3.8, 4) is 11.5 Å². The molecule has 1 aliphatic heterocycles. The van der Waals surface area contributed by atoms with Crippen LogP contribution in [0.1, 0.15) is 37.8 Å². The first kappa shape index (κ1) is 23.9. The van der Waals surface area contributed by atoms with Gasteiger partial charge in [0, 0.05) is 18.0 Å². The largest absolute Gasteiger partial charge is 0.493 e. The quantitative estimate of drug-likeness (QED) is 0.547. The summed E-state index contributed by atoms with van der Waals surface area (Å²) < 4.78 is 16.1. The van der Waals surface area contributed by atoms with Gasteiger partial charge in [-0.1, -0.05) is 29.8 Å². The van der Waals surface area contributed by atoms with Crippen molar-refractivity contribution in [1.82, 2.24) is 4.90 Å². The van der Waals surface area contributed by atoms with E-state index in [9.17, 15) is 9.59 Å². The Morgan fingerprint density at radius 3 is 2.41 bits per heavy atom. The summed E-state index contributed by atoms with van der Waals surface area (Å²) in [7, 11) is 3.17. The van der Waals surface area contributed by atoms with Crippen LogP contribution in [-0.4, -0.2) is 50.2 Å². The summed E-state index contributed by atoms with van der Waals surface area (Å²) >= 11 is 5.99. The molecule has 2 aromatic rings. The van der Waals surface area contributed by atoms with Gasteiger partial charge in [-0.25, -0.2) is 4.79 Å². The van der Waals surface area contributed by atoms with E-state index in [1.165, 1.54) is 0 Å². The lowest BCUT2D eigenvalue weighted by Crippen LogP contribution is -2.48. The van der Waals surface area contributed by atoms with Crippen molar-refractivity contribution in [2.45, 2.75) is 44.6 Å². The molecule has 3 rings (SSSR count). The van der Waals surface area contributed by atoms with Crippen molar-refractivity contribution in [1.29, 1.82) is 0 Å². The van der Waals surface area contributed by atoms with Crippen molar-refractivity contribution in [3.05, 3.63) is 58.6 Å². The van der Waals surface area contributed by atoms with Crippen LogP contribution in [0.5, 0.6) is 11.5 Å². The van der Waals surface area contributed by atoms with E-state index in [0.29, 0.717) is 35.9 Å². The van der Waals surface area contributed by atoms with Gasteiger partial charge in [0.2, 0.25) is 5.91 Å². The SMILES string of the molecule is COc1ccc(CCOC(=O)[C@@H]2CCCN2C(=O)C(C)(C)c2ccc(Cl)cc2)cc1OC. The summed E-state index contributed by atoms with van der Waals surface area (Å²) in [6, 6.07) is 12.3. The number of amides is 1. The smallest absolute Gasteiger partial charge is 0.328 e. The van der Waals surface area contributed by atoms with E-state index in [4.69, 9.17) is 25.8 Å². The minimum atomic E-state index is -0.771. The molecular weight excluding hydrogens is 430 g/mol. The van der Waals surface area contributed by atoms with Crippen LogP contribution in [-0.2, 0) is 26.2 Å². The van der Waals surface area contributed by atoms with Crippen LogP contribution in [0.2, 0.25) is 5.02 Å². The number of rotatable bonds is 8. The monoisotopic (exact) mass is 459 g/mol. The van der Waals surface area contributed by atoms with E-state index >= 15 is 0 Å². The minimum Gasteiger partial charge on any atom is -0.493 e. The standard InChI is InChI=1S/C25H30ClNO5/c1-25(2,18-8-10-19(26)11-9-18)24(29)27-14-5-6-20(27)23(28)32-15-13-17-7-12-21(30-3)22(16-17)31-4/h7-12,16,20H,5-6,13-15H2,1-4H3/t20-/m0/s1. The summed E-state index contributed by atoms with van der Waals surface area (Å²) in [4.78, 5) is 27.8. The van der Waals surface area contributed by atoms with Gasteiger partial charge in [-0.15, -0.1) is 0 Å². The van der Waals surface area contributed by atoms with Crippen LogP contribution >= 0.6 is 11.6 Å². The fraction of sp³-hybridized carbons (Fsp3) is 0.440. The first-order valence-electron chi connectivity index (χ1n) is 10.7. The maximum atomic E-state index is 13.4. The van der Waals surface area contributed by atoms with E-state index in [1.807, 2.05) is 44.2 Å². The maximum Gasteiger partial charge on any atom is 0.328 e. The molecule has 7 heteroatoms. The van der Waals surface area contributed by atoms with Gasteiger partial charge in [0.15, 0.2) is 11.5 Å². The molecular formula is C25H30ClNO5. The fourth-order valence-corrected chi connectivity index (χ4v) is 4.13. The second kappa shape index (κ2) is 10.3. The number of halogens is 1. The lowest BCUT2D eigenvalue weighted by molar-refractivity contribution is -0.154. The Hall–Kier alpha value is -2.73. The molecule has 0 saturated carbocycles. The van der Waals surface area contributed by atoms with Crippen LogP contribution in [0.25, 0.3) is 0 Å². The van der Waals surface area contributed by atoms with E-state index in [-0.39, 0.29) is 18.5 Å². The molecule has 6 nitrogen and oxygen atoms in total. The molecule has 0 aromatic heterocycles. The van der Waals surface area contributed by atoms with Crippen molar-refractivity contribution in [2.75, 3.05) is 27.4 Å². The molecule has 0 unspecified atom stereocenters. The minimum absolute atomic E-state index is 0.0841. The third kappa shape index (κ3) is 5.18. The molecule has 0 radical (unpaired) electrons. The predicted octanol–water partition coefficient (Wildman–Crippen LogP) is 4.41. The average molecular weight is 460 g/mol. The number of benzene rings is 2. The van der Waals surface area contributed by atoms with Crippen LogP contribution in [0, 0.1) is 0 Å². The molecule has 0 spiro atoms. The molecule has 1 aliphatic rings. The Morgan fingerprint density at radius 2 is 1.75 bits per heavy atom. The molecule has 0 aliphatic carbocycles. The predicted molar refractivity (Wildman–Crippen MR) is 123 cm³/mol. The summed E-state index contributed by atoms with van der Waals surface area (Å²) in [5.41, 5.74) is 1.06. The highest BCUT2D eigenvalue weighted by Crippen LogP contribution is 2.31. The normalized spacial score (nSPS) is 16.0. The molecule has 0 N–H and O–H groups in total. The van der Waals surface area contributed by atoms with E-state index < -0.39 is 11.5 Å². The first-order valence-corrected chi connectivity index (χ1v) is 11.1. The third-order valence-corrected chi connectivity index (χ3v) is 6.22. The number of esters is 1. The van der Waals surface area contributed by atoms with Crippen LogP contribution in [0.15, 0.2) is 42.5 Å². The van der Waals surface area contributed by atoms with Gasteiger partial charge >= 0.3 is 5.97 Å². The number of likely N-dealkylation sites (tertiary alicyclic amines) is 1. The lowest BCUT2D eigenvalue weighted by Gasteiger charge is -2.32. The number of methoxy groups -OCH3 is 2. The van der Waals surface area contributed by atoms with Crippen LogP contribution in [0.4, 0.5) is 0 Å². The highest BCUT2D eigenvalue weighted by molar-refractivity contribution is 6.30. The Kier molecular flexibility index (Phi) is 7.67. The summed E-state index contributed by atoms with van der Waals surface area (Å²) in [6.45, 7) is 4.52. The lowest BCUT2D eigenvalue weighted by atomic mass is 9.83. The van der Waals surface area contributed by atoms with Crippen molar-refractivity contribution < 1.29 is 23.8 Å². The maximum absolute atomic E-state index is 13.4. The molecule has 172 valence electrons. The van der Waals surface area contributed by atoms with Crippen molar-refractivity contribution in [3.63, 3.8) is 0 Å². The van der Waals surface area contributed by atoms with E-state index in [2.05, 4.69) is 0 Å². The van der Waals surface area contributed by atoms with Gasteiger partial charge in [-0.2, -0.15) is 0 Å². The number of nitrogens with zero attached hydrogens (tertiary/aromatic N) is 1. The zero-order valence-corrected chi connectivity index (χ0v) is 19.8. The molecule has 2 aromatic carbocycles. The Balaban J connectivity index is 1.61. The molecule has 1 heterocycles. The van der Waals surface area contributed by atoms with Crippen LogP contribution in [0.3, 0.4) is 0 Å². The number of carbonyl (C=O) groups excluding carboxylic acids is 2. The van der Waals surface area contributed by atoms with Crippen molar-refractivity contribution in [2.24, 2.45) is 0 Å². The third-order valence-electron chi connectivity index (χ3n) is 5.97. The molecule has 1 atom stereocenters. The molecule has 1 amide bonds. The Bertz CT molecular complexity index is 957. The average Bonchev–Trinajstić information content (AvgIpc) is 3.28. The fourth-order valence-electron chi connectivity index (χ4n) is 4.01. The van der Waals surface area contributed by atoms with E-state index in [1.54, 1.807) is 31.3 Å². The summed E-state index contributed by atoms with van der Waals surface area (Å²) in [5.74, 6) is 0.840. The zero-order chi connectivity index (χ0) is 23.3. The summed E-state index contributed by atoms with van der Waals surface area (Å²) in [5, 5.41) is 0.620. The second-order valence-electron chi connectivity index (χ2n) is 8.40. The van der Waals surface area contributed by atoms with Gasteiger partial charge in [-0.05, 0) is 62.1 Å². The number of ether oxygens (including phenoxy) is 3. The molecule has 0 bridgehead atoms. The van der Waals surface area contributed by atoms with Gasteiger partial charge < -0.3 is 19.1 Å². The topological polar surface area (TPSA) is 65.1 Å². The van der Waals surface area contributed by atoms with Gasteiger partial charge in [-0.3, -0.25) is 4.79 Å².